The van der Waals surface area contributed by atoms with E-state index in [2.05, 4.69) is 0 Å². The Kier molecular flexibility index (Phi) is 2.92. The molecule has 0 saturated heterocycles. The van der Waals surface area contributed by atoms with E-state index in [1.807, 2.05) is 17.5 Å². The highest BCUT2D eigenvalue weighted by Crippen LogP contribution is 2.31. The van der Waals surface area contributed by atoms with Crippen molar-refractivity contribution in [1.29, 1.82) is 0 Å². The summed E-state index contributed by atoms with van der Waals surface area (Å²) in [5, 5.41) is 11.1. The summed E-state index contributed by atoms with van der Waals surface area (Å²) in [6, 6.07) is 10.7. The fraction of sp³-hybridized carbons (Fsp3) is 0.0833. The maximum atomic E-state index is 11.3. The van der Waals surface area contributed by atoms with Gasteiger partial charge in [0.1, 0.15) is 5.92 Å². The van der Waals surface area contributed by atoms with E-state index in [0.717, 1.165) is 4.88 Å². The molecule has 16 heavy (non-hydrogen) atoms. The van der Waals surface area contributed by atoms with Gasteiger partial charge in [-0.25, -0.2) is 0 Å². The summed E-state index contributed by atoms with van der Waals surface area (Å²) in [7, 11) is 0. The van der Waals surface area contributed by atoms with Gasteiger partial charge in [0.25, 0.3) is 0 Å². The van der Waals surface area contributed by atoms with Crippen LogP contribution >= 0.6 is 11.3 Å². The number of hydrogen-bond acceptors (Lipinski definition) is 3. The van der Waals surface area contributed by atoms with E-state index in [0.29, 0.717) is 11.3 Å². The molecular weight excluding hydrogens is 222 g/mol. The van der Waals surface area contributed by atoms with Gasteiger partial charge in [-0.2, -0.15) is 0 Å². The van der Waals surface area contributed by atoms with Gasteiger partial charge in [0.15, 0.2) is 0 Å². The van der Waals surface area contributed by atoms with Crippen LogP contribution in [0.4, 0.5) is 5.69 Å². The largest absolute Gasteiger partial charge is 0.481 e. The number of rotatable bonds is 3. The summed E-state index contributed by atoms with van der Waals surface area (Å²) in [6.45, 7) is 0. The number of carbonyl (C=O) groups is 1. The van der Waals surface area contributed by atoms with Gasteiger partial charge in [-0.1, -0.05) is 24.3 Å². The standard InChI is InChI=1S/C12H11NO2S/c13-9-5-2-1-4-8(9)11(12(14)15)10-6-3-7-16-10/h1-7,11H,13H2,(H,14,15). The smallest absolute Gasteiger partial charge is 0.316 e. The molecular formula is C12H11NO2S. The summed E-state index contributed by atoms with van der Waals surface area (Å²) in [5.41, 5.74) is 6.97. The molecule has 3 N–H and O–H groups in total. The third-order valence-corrected chi connectivity index (χ3v) is 3.32. The number of anilines is 1. The van der Waals surface area contributed by atoms with Crippen molar-refractivity contribution in [2.24, 2.45) is 0 Å². The first-order chi connectivity index (χ1) is 7.70. The van der Waals surface area contributed by atoms with Crippen molar-refractivity contribution in [2.45, 2.75) is 5.92 Å². The van der Waals surface area contributed by atoms with E-state index in [4.69, 9.17) is 5.73 Å². The van der Waals surface area contributed by atoms with Crippen molar-refractivity contribution in [3.05, 3.63) is 52.2 Å². The Morgan fingerprint density at radius 3 is 2.56 bits per heavy atom. The van der Waals surface area contributed by atoms with Crippen LogP contribution in [0, 0.1) is 0 Å². The van der Waals surface area contributed by atoms with Gasteiger partial charge in [0, 0.05) is 10.6 Å². The van der Waals surface area contributed by atoms with E-state index in [1.54, 1.807) is 24.3 Å². The molecule has 0 radical (unpaired) electrons. The van der Waals surface area contributed by atoms with Crippen LogP contribution in [0.3, 0.4) is 0 Å². The number of nitrogens with two attached hydrogens (primary N) is 1. The summed E-state index contributed by atoms with van der Waals surface area (Å²) >= 11 is 1.43. The molecule has 0 saturated carbocycles. The zero-order valence-corrected chi connectivity index (χ0v) is 9.28. The molecule has 0 amide bonds. The number of aliphatic carboxylic acids is 1. The first kappa shape index (κ1) is 10.7. The van der Waals surface area contributed by atoms with Crippen molar-refractivity contribution >= 4 is 23.0 Å². The molecule has 0 aliphatic heterocycles. The van der Waals surface area contributed by atoms with Crippen LogP contribution in [0.25, 0.3) is 0 Å². The van der Waals surface area contributed by atoms with Crippen LogP contribution in [0.15, 0.2) is 41.8 Å². The molecule has 0 spiro atoms. The fourth-order valence-electron chi connectivity index (χ4n) is 1.64. The Hall–Kier alpha value is -1.81. The second kappa shape index (κ2) is 4.37. The first-order valence-corrected chi connectivity index (χ1v) is 5.68. The molecule has 2 rings (SSSR count). The minimum absolute atomic E-state index is 0.517. The average Bonchev–Trinajstić information content (AvgIpc) is 2.74. The monoisotopic (exact) mass is 233 g/mol. The topological polar surface area (TPSA) is 63.3 Å². The Balaban J connectivity index is 2.50. The molecule has 1 atom stereocenters. The summed E-state index contributed by atoms with van der Waals surface area (Å²) in [5.74, 6) is -1.54. The molecule has 0 fully saturated rings. The van der Waals surface area contributed by atoms with Crippen molar-refractivity contribution < 1.29 is 9.90 Å². The first-order valence-electron chi connectivity index (χ1n) is 4.80. The van der Waals surface area contributed by atoms with Gasteiger partial charge in [0.2, 0.25) is 0 Å². The van der Waals surface area contributed by atoms with Crippen LogP contribution in [0.1, 0.15) is 16.4 Å². The fourth-order valence-corrected chi connectivity index (χ4v) is 2.47. The number of para-hydroxylation sites is 1. The zero-order chi connectivity index (χ0) is 11.5. The van der Waals surface area contributed by atoms with Crippen LogP contribution in [-0.2, 0) is 4.79 Å². The summed E-state index contributed by atoms with van der Waals surface area (Å²) in [6.07, 6.45) is 0. The Bertz CT molecular complexity index is 493. The van der Waals surface area contributed by atoms with E-state index >= 15 is 0 Å². The average molecular weight is 233 g/mol. The van der Waals surface area contributed by atoms with Crippen LogP contribution in [0.2, 0.25) is 0 Å². The number of carboxylic acids is 1. The minimum atomic E-state index is -0.875. The maximum Gasteiger partial charge on any atom is 0.316 e. The van der Waals surface area contributed by atoms with Crippen molar-refractivity contribution in [3.63, 3.8) is 0 Å². The number of hydrogen-bond donors (Lipinski definition) is 2. The molecule has 1 heterocycles. The van der Waals surface area contributed by atoms with Crippen LogP contribution in [0.5, 0.6) is 0 Å². The van der Waals surface area contributed by atoms with E-state index in [9.17, 15) is 9.90 Å². The number of nitrogen functional groups attached to an aromatic ring is 1. The predicted octanol–water partition coefficient (Wildman–Crippen LogP) is 2.55. The third-order valence-electron chi connectivity index (χ3n) is 2.38. The predicted molar refractivity (Wildman–Crippen MR) is 64.7 cm³/mol. The molecule has 3 nitrogen and oxygen atoms in total. The van der Waals surface area contributed by atoms with Gasteiger partial charge < -0.3 is 10.8 Å². The molecule has 0 aliphatic rings. The van der Waals surface area contributed by atoms with Crippen molar-refractivity contribution in [1.82, 2.24) is 0 Å². The van der Waals surface area contributed by atoms with Crippen LogP contribution < -0.4 is 5.73 Å². The molecule has 1 aromatic heterocycles. The summed E-state index contributed by atoms with van der Waals surface area (Å²) < 4.78 is 0. The molecule has 4 heteroatoms. The molecule has 82 valence electrons. The van der Waals surface area contributed by atoms with Gasteiger partial charge in [-0.3, -0.25) is 4.79 Å². The highest BCUT2D eigenvalue weighted by atomic mass is 32.1. The lowest BCUT2D eigenvalue weighted by molar-refractivity contribution is -0.137. The minimum Gasteiger partial charge on any atom is -0.481 e. The van der Waals surface area contributed by atoms with Crippen LogP contribution in [-0.4, -0.2) is 11.1 Å². The van der Waals surface area contributed by atoms with E-state index in [-0.39, 0.29) is 0 Å². The van der Waals surface area contributed by atoms with Gasteiger partial charge in [0.05, 0.1) is 0 Å². The second-order valence-electron chi connectivity index (χ2n) is 3.42. The van der Waals surface area contributed by atoms with Gasteiger partial charge >= 0.3 is 5.97 Å². The maximum absolute atomic E-state index is 11.3. The summed E-state index contributed by atoms with van der Waals surface area (Å²) in [4.78, 5) is 12.1. The quantitative estimate of drug-likeness (QED) is 0.801. The van der Waals surface area contributed by atoms with Crippen molar-refractivity contribution in [3.8, 4) is 0 Å². The van der Waals surface area contributed by atoms with Crippen molar-refractivity contribution in [2.75, 3.05) is 5.73 Å². The normalized spacial score (nSPS) is 12.2. The Morgan fingerprint density at radius 1 is 1.25 bits per heavy atom. The zero-order valence-electron chi connectivity index (χ0n) is 8.46. The van der Waals surface area contributed by atoms with E-state index < -0.39 is 11.9 Å². The van der Waals surface area contributed by atoms with Gasteiger partial charge in [-0.05, 0) is 23.1 Å². The van der Waals surface area contributed by atoms with E-state index in [1.165, 1.54) is 11.3 Å². The molecule has 0 aliphatic carbocycles. The number of benzene rings is 1. The molecule has 0 bridgehead atoms. The molecule has 2 aromatic rings. The lowest BCUT2D eigenvalue weighted by Gasteiger charge is -2.13. The Morgan fingerprint density at radius 2 is 2.00 bits per heavy atom. The molecule has 1 unspecified atom stereocenters. The highest BCUT2D eigenvalue weighted by Gasteiger charge is 2.24. The van der Waals surface area contributed by atoms with Gasteiger partial charge in [-0.15, -0.1) is 11.3 Å². The lowest BCUT2D eigenvalue weighted by atomic mass is 9.96. The highest BCUT2D eigenvalue weighted by molar-refractivity contribution is 7.10. The second-order valence-corrected chi connectivity index (χ2v) is 4.39. The SMILES string of the molecule is Nc1ccccc1C(C(=O)O)c1cccs1. The number of thiophene rings is 1. The number of carboxylic acid groups (broad SMARTS) is 1. The Labute approximate surface area is 97.2 Å². The lowest BCUT2D eigenvalue weighted by Crippen LogP contribution is -2.13. The molecule has 1 aromatic carbocycles. The third kappa shape index (κ3) is 1.92.